The van der Waals surface area contributed by atoms with Crippen LogP contribution in [0.4, 0.5) is 5.69 Å². The molecule has 0 saturated carbocycles. The molecule has 1 aromatic rings. The summed E-state index contributed by atoms with van der Waals surface area (Å²) in [6.07, 6.45) is 0.715. The molecule has 4 nitrogen and oxygen atoms in total. The van der Waals surface area contributed by atoms with Gasteiger partial charge in [0.05, 0.1) is 9.37 Å². The maximum absolute atomic E-state index is 11.9. The fraction of sp³-hybridized carbons (Fsp3) is 0.333. The number of nitrogens with one attached hydrogen (secondary N) is 1. The highest BCUT2D eigenvalue weighted by molar-refractivity contribution is 9.10. The second-order valence-corrected chi connectivity index (χ2v) is 6.17. The number of nitrogen functional groups attached to an aromatic ring is 1. The Hall–Kier alpha value is -0.300. The zero-order chi connectivity index (χ0) is 12.3. The van der Waals surface area contributed by atoms with Crippen molar-refractivity contribution in [1.29, 1.82) is 0 Å². The highest BCUT2D eigenvalue weighted by Crippen LogP contribution is 2.31. The molecule has 0 heterocycles. The number of hydrogen-bond acceptors (Lipinski definition) is 3. The van der Waals surface area contributed by atoms with Crippen LogP contribution in [-0.2, 0) is 10.0 Å². The van der Waals surface area contributed by atoms with Crippen LogP contribution < -0.4 is 10.5 Å². The van der Waals surface area contributed by atoms with Crippen LogP contribution in [0, 0.1) is 0 Å². The Bertz CT molecular complexity index is 491. The highest BCUT2D eigenvalue weighted by Gasteiger charge is 2.19. The van der Waals surface area contributed by atoms with E-state index in [-0.39, 0.29) is 9.92 Å². The van der Waals surface area contributed by atoms with Gasteiger partial charge in [0.15, 0.2) is 0 Å². The van der Waals surface area contributed by atoms with Gasteiger partial charge in [-0.25, -0.2) is 13.1 Å². The standard InChI is InChI=1S/C9H12BrClN2O2S/c1-2-3-13-16(14,15)8-5-6(11)4-7(12)9(8)10/h4-5,13H,2-3,12H2,1H3. The topological polar surface area (TPSA) is 72.2 Å². The van der Waals surface area contributed by atoms with Crippen molar-refractivity contribution in [2.75, 3.05) is 12.3 Å². The largest absolute Gasteiger partial charge is 0.398 e. The maximum atomic E-state index is 11.9. The summed E-state index contributed by atoms with van der Waals surface area (Å²) < 4.78 is 26.5. The van der Waals surface area contributed by atoms with Gasteiger partial charge in [0.25, 0.3) is 0 Å². The Morgan fingerprint density at radius 2 is 2.12 bits per heavy atom. The lowest BCUT2D eigenvalue weighted by Gasteiger charge is -2.09. The van der Waals surface area contributed by atoms with E-state index in [4.69, 9.17) is 17.3 Å². The van der Waals surface area contributed by atoms with Crippen molar-refractivity contribution in [3.8, 4) is 0 Å². The maximum Gasteiger partial charge on any atom is 0.241 e. The van der Waals surface area contributed by atoms with E-state index in [2.05, 4.69) is 20.7 Å². The van der Waals surface area contributed by atoms with E-state index in [0.717, 1.165) is 0 Å². The van der Waals surface area contributed by atoms with Crippen LogP contribution in [0.25, 0.3) is 0 Å². The van der Waals surface area contributed by atoms with Crippen molar-refractivity contribution in [2.45, 2.75) is 18.2 Å². The molecule has 7 heteroatoms. The van der Waals surface area contributed by atoms with E-state index in [0.29, 0.717) is 23.1 Å². The minimum absolute atomic E-state index is 0.0611. The Kier molecular flexibility index (Phi) is 4.61. The van der Waals surface area contributed by atoms with Crippen LogP contribution in [0.15, 0.2) is 21.5 Å². The average Bonchev–Trinajstić information content (AvgIpc) is 2.20. The van der Waals surface area contributed by atoms with Gasteiger partial charge in [0.1, 0.15) is 0 Å². The van der Waals surface area contributed by atoms with Gasteiger partial charge in [0.2, 0.25) is 10.0 Å². The van der Waals surface area contributed by atoms with Crippen LogP contribution in [0.1, 0.15) is 13.3 Å². The molecule has 0 amide bonds. The van der Waals surface area contributed by atoms with Crippen LogP contribution >= 0.6 is 27.5 Å². The number of halogens is 2. The highest BCUT2D eigenvalue weighted by atomic mass is 79.9. The zero-order valence-electron chi connectivity index (χ0n) is 8.63. The van der Waals surface area contributed by atoms with Crippen molar-refractivity contribution in [3.05, 3.63) is 21.6 Å². The van der Waals surface area contributed by atoms with E-state index in [1.165, 1.54) is 12.1 Å². The molecule has 0 spiro atoms. The summed E-state index contributed by atoms with van der Waals surface area (Å²) in [5, 5.41) is 0.289. The fourth-order valence-corrected chi connectivity index (χ4v) is 3.52. The van der Waals surface area contributed by atoms with Gasteiger partial charge in [-0.3, -0.25) is 0 Å². The van der Waals surface area contributed by atoms with Crippen LogP contribution in [-0.4, -0.2) is 15.0 Å². The second-order valence-electron chi connectivity index (χ2n) is 3.20. The van der Waals surface area contributed by atoms with Crippen LogP contribution in [0.2, 0.25) is 5.02 Å². The summed E-state index contributed by atoms with van der Waals surface area (Å²) in [5.74, 6) is 0. The third-order valence-electron chi connectivity index (χ3n) is 1.86. The van der Waals surface area contributed by atoms with Gasteiger partial charge >= 0.3 is 0 Å². The van der Waals surface area contributed by atoms with Crippen LogP contribution in [0.5, 0.6) is 0 Å². The van der Waals surface area contributed by atoms with E-state index in [1.807, 2.05) is 6.92 Å². The van der Waals surface area contributed by atoms with E-state index < -0.39 is 10.0 Å². The molecule has 90 valence electrons. The zero-order valence-corrected chi connectivity index (χ0v) is 11.8. The Morgan fingerprint density at radius 1 is 1.50 bits per heavy atom. The van der Waals surface area contributed by atoms with Gasteiger partial charge in [0, 0.05) is 17.3 Å². The Morgan fingerprint density at radius 3 is 2.69 bits per heavy atom. The van der Waals surface area contributed by atoms with Crippen molar-refractivity contribution < 1.29 is 8.42 Å². The first-order valence-corrected chi connectivity index (χ1v) is 7.28. The molecular weight excluding hydrogens is 316 g/mol. The van der Waals surface area contributed by atoms with E-state index in [9.17, 15) is 8.42 Å². The summed E-state index contributed by atoms with van der Waals surface area (Å²) in [6.45, 7) is 2.26. The molecule has 0 fully saturated rings. The molecule has 1 rings (SSSR count). The lowest BCUT2D eigenvalue weighted by atomic mass is 10.3. The molecule has 0 bridgehead atoms. The normalized spacial score (nSPS) is 11.7. The lowest BCUT2D eigenvalue weighted by molar-refractivity contribution is 0.580. The number of anilines is 1. The molecule has 0 radical (unpaired) electrons. The van der Waals surface area contributed by atoms with Gasteiger partial charge in [-0.05, 0) is 34.5 Å². The molecule has 16 heavy (non-hydrogen) atoms. The van der Waals surface area contributed by atoms with E-state index >= 15 is 0 Å². The van der Waals surface area contributed by atoms with Gasteiger partial charge in [-0.1, -0.05) is 18.5 Å². The molecular formula is C9H12BrClN2O2S. The van der Waals surface area contributed by atoms with Crippen molar-refractivity contribution in [3.63, 3.8) is 0 Å². The van der Waals surface area contributed by atoms with Crippen LogP contribution in [0.3, 0.4) is 0 Å². The Balaban J connectivity index is 3.22. The number of rotatable bonds is 4. The summed E-state index contributed by atoms with van der Waals surface area (Å²) in [7, 11) is -3.56. The minimum Gasteiger partial charge on any atom is -0.398 e. The number of sulfonamides is 1. The monoisotopic (exact) mass is 326 g/mol. The molecule has 0 aliphatic heterocycles. The lowest BCUT2D eigenvalue weighted by Crippen LogP contribution is -2.25. The fourth-order valence-electron chi connectivity index (χ4n) is 1.09. The summed E-state index contributed by atoms with van der Waals surface area (Å²) >= 11 is 8.91. The predicted octanol–water partition coefficient (Wildman–Crippen LogP) is 2.37. The van der Waals surface area contributed by atoms with E-state index in [1.54, 1.807) is 0 Å². The molecule has 0 atom stereocenters. The smallest absolute Gasteiger partial charge is 0.241 e. The molecule has 0 aliphatic rings. The molecule has 0 saturated heterocycles. The molecule has 0 unspecified atom stereocenters. The van der Waals surface area contributed by atoms with Gasteiger partial charge < -0.3 is 5.73 Å². The third-order valence-corrected chi connectivity index (χ3v) is 4.71. The molecule has 1 aromatic carbocycles. The molecule has 3 N–H and O–H groups in total. The first-order chi connectivity index (χ1) is 7.38. The SMILES string of the molecule is CCCNS(=O)(=O)c1cc(Cl)cc(N)c1Br. The molecule has 0 aromatic heterocycles. The number of nitrogens with two attached hydrogens (primary N) is 1. The number of hydrogen-bond donors (Lipinski definition) is 2. The average molecular weight is 328 g/mol. The van der Waals surface area contributed by atoms with Crippen molar-refractivity contribution >= 4 is 43.2 Å². The van der Waals surface area contributed by atoms with Gasteiger partial charge in [-0.2, -0.15) is 0 Å². The van der Waals surface area contributed by atoms with Gasteiger partial charge in [-0.15, -0.1) is 0 Å². The first kappa shape index (κ1) is 13.8. The quantitative estimate of drug-likeness (QED) is 0.834. The third kappa shape index (κ3) is 3.10. The minimum atomic E-state index is -3.56. The number of benzene rings is 1. The second kappa shape index (κ2) is 5.35. The summed E-state index contributed by atoms with van der Waals surface area (Å²) in [5.41, 5.74) is 5.92. The Labute approximate surface area is 108 Å². The molecule has 0 aliphatic carbocycles. The first-order valence-electron chi connectivity index (χ1n) is 4.62. The van der Waals surface area contributed by atoms with Crippen molar-refractivity contribution in [1.82, 2.24) is 4.72 Å². The summed E-state index contributed by atoms with van der Waals surface area (Å²) in [6, 6.07) is 2.85. The predicted molar refractivity (Wildman–Crippen MR) is 69.0 cm³/mol. The summed E-state index contributed by atoms with van der Waals surface area (Å²) in [4.78, 5) is 0.0611. The van der Waals surface area contributed by atoms with Crippen molar-refractivity contribution in [2.24, 2.45) is 0 Å².